The quantitative estimate of drug-likeness (QED) is 0.0523. The number of nitrogens with one attached hydrogen (secondary N) is 1. The first-order valence-corrected chi connectivity index (χ1v) is 18.8. The van der Waals surface area contributed by atoms with Gasteiger partial charge in [-0.2, -0.15) is 0 Å². The summed E-state index contributed by atoms with van der Waals surface area (Å²) in [6.07, 6.45) is 38.5. The molecule has 3 heteroatoms. The Labute approximate surface area is 260 Å². The fourth-order valence-corrected chi connectivity index (χ4v) is 5.76. The molecule has 0 aromatic heterocycles. The monoisotopic (exact) mass is 582 g/mol. The molecule has 3 N–H and O–H groups in total. The Kier molecular flexibility index (Phi) is 41.3. The number of aliphatic hydroxyl groups excluding tert-OH is 2. The highest BCUT2D eigenvalue weighted by molar-refractivity contribution is 4.59. The maximum Gasteiger partial charge on any atom is 0.0540 e. The SMILES string of the molecule is C=C.CCCCCCC(O)CCCCCCCCCCCNCCCCCCCCCCCC(O)CCCCCC. The Hall–Kier alpha value is -0.380. The molecule has 0 spiro atoms. The summed E-state index contributed by atoms with van der Waals surface area (Å²) in [6.45, 7) is 12.9. The number of rotatable bonds is 34. The molecule has 2 atom stereocenters. The van der Waals surface area contributed by atoms with Crippen LogP contribution in [0.15, 0.2) is 13.2 Å². The lowest BCUT2D eigenvalue weighted by atomic mass is 10.0. The van der Waals surface area contributed by atoms with Gasteiger partial charge >= 0.3 is 0 Å². The van der Waals surface area contributed by atoms with Gasteiger partial charge in [-0.25, -0.2) is 0 Å². The molecular weight excluding hydrogens is 502 g/mol. The van der Waals surface area contributed by atoms with Crippen LogP contribution < -0.4 is 5.32 Å². The highest BCUT2D eigenvalue weighted by Crippen LogP contribution is 2.15. The zero-order valence-corrected chi connectivity index (χ0v) is 28.6. The fourth-order valence-electron chi connectivity index (χ4n) is 5.76. The molecule has 0 saturated carbocycles. The second-order valence-electron chi connectivity index (χ2n) is 12.7. The van der Waals surface area contributed by atoms with Gasteiger partial charge in [-0.3, -0.25) is 0 Å². The number of hydrogen-bond acceptors (Lipinski definition) is 3. The predicted molar refractivity (Wildman–Crippen MR) is 186 cm³/mol. The van der Waals surface area contributed by atoms with Crippen LogP contribution in [0.4, 0.5) is 0 Å². The smallest absolute Gasteiger partial charge is 0.0540 e. The third kappa shape index (κ3) is 39.6. The molecule has 0 aromatic carbocycles. The standard InChI is InChI=1S/C36H75NO2.C2H4/c1-3-5-7-23-29-35(38)31-25-19-15-11-9-13-17-21-27-33-37-34-28-22-18-14-10-12-16-20-26-32-36(39)30-24-8-6-4-2;1-2/h35-39H,3-34H2,1-2H3;1-2H2. The van der Waals surface area contributed by atoms with Crippen molar-refractivity contribution in [2.45, 2.75) is 219 Å². The van der Waals surface area contributed by atoms with E-state index in [2.05, 4.69) is 32.3 Å². The van der Waals surface area contributed by atoms with E-state index in [1.807, 2.05) is 0 Å². The molecule has 0 saturated heterocycles. The van der Waals surface area contributed by atoms with Crippen molar-refractivity contribution in [1.82, 2.24) is 5.32 Å². The van der Waals surface area contributed by atoms with E-state index in [1.165, 1.54) is 180 Å². The molecule has 41 heavy (non-hydrogen) atoms. The van der Waals surface area contributed by atoms with Crippen LogP contribution in [0.5, 0.6) is 0 Å². The molecule has 0 radical (unpaired) electrons. The van der Waals surface area contributed by atoms with E-state index >= 15 is 0 Å². The number of hydrogen-bond donors (Lipinski definition) is 3. The summed E-state index contributed by atoms with van der Waals surface area (Å²) in [5.74, 6) is 0. The third-order valence-electron chi connectivity index (χ3n) is 8.56. The summed E-state index contributed by atoms with van der Waals surface area (Å²) in [5.41, 5.74) is 0. The highest BCUT2D eigenvalue weighted by Gasteiger charge is 2.04. The summed E-state index contributed by atoms with van der Waals surface area (Å²) in [5, 5.41) is 23.7. The molecule has 248 valence electrons. The van der Waals surface area contributed by atoms with Crippen molar-refractivity contribution in [3.05, 3.63) is 13.2 Å². The van der Waals surface area contributed by atoms with Crippen LogP contribution >= 0.6 is 0 Å². The van der Waals surface area contributed by atoms with E-state index in [1.54, 1.807) is 0 Å². The van der Waals surface area contributed by atoms with Crippen molar-refractivity contribution in [3.63, 3.8) is 0 Å². The van der Waals surface area contributed by atoms with Gasteiger partial charge in [0.15, 0.2) is 0 Å². The minimum absolute atomic E-state index is 0.0441. The van der Waals surface area contributed by atoms with E-state index in [0.29, 0.717) is 0 Å². The second kappa shape index (κ2) is 39.6. The van der Waals surface area contributed by atoms with Crippen LogP contribution in [0.3, 0.4) is 0 Å². The molecule has 0 heterocycles. The Bertz CT molecular complexity index is 406. The molecule has 0 rings (SSSR count). The van der Waals surface area contributed by atoms with Crippen LogP contribution in [0.25, 0.3) is 0 Å². The molecule has 3 nitrogen and oxygen atoms in total. The van der Waals surface area contributed by atoms with Gasteiger partial charge in [-0.05, 0) is 51.6 Å². The Morgan fingerprint density at radius 2 is 0.585 bits per heavy atom. The van der Waals surface area contributed by atoms with Crippen LogP contribution in [-0.2, 0) is 0 Å². The third-order valence-corrected chi connectivity index (χ3v) is 8.56. The van der Waals surface area contributed by atoms with Crippen molar-refractivity contribution in [3.8, 4) is 0 Å². The first-order valence-electron chi connectivity index (χ1n) is 18.8. The second-order valence-corrected chi connectivity index (χ2v) is 12.7. The average Bonchev–Trinajstić information content (AvgIpc) is 2.99. The first-order chi connectivity index (χ1) is 20.2. The molecule has 0 aliphatic heterocycles. The van der Waals surface area contributed by atoms with Crippen molar-refractivity contribution in [2.24, 2.45) is 0 Å². The maximum atomic E-state index is 10.0. The van der Waals surface area contributed by atoms with E-state index < -0.39 is 0 Å². The fraction of sp³-hybridized carbons (Fsp3) is 0.947. The van der Waals surface area contributed by atoms with Crippen molar-refractivity contribution >= 4 is 0 Å². The predicted octanol–water partition coefficient (Wildman–Crippen LogP) is 11.8. The summed E-state index contributed by atoms with van der Waals surface area (Å²) >= 11 is 0. The number of unbranched alkanes of at least 4 members (excludes halogenated alkanes) is 22. The van der Waals surface area contributed by atoms with E-state index in [-0.39, 0.29) is 12.2 Å². The van der Waals surface area contributed by atoms with E-state index in [0.717, 1.165) is 25.7 Å². The number of aliphatic hydroxyl groups is 2. The van der Waals surface area contributed by atoms with Crippen LogP contribution in [0.1, 0.15) is 206 Å². The Morgan fingerprint density at radius 1 is 0.366 bits per heavy atom. The van der Waals surface area contributed by atoms with Crippen molar-refractivity contribution in [2.75, 3.05) is 13.1 Å². The van der Waals surface area contributed by atoms with Crippen molar-refractivity contribution in [1.29, 1.82) is 0 Å². The summed E-state index contributed by atoms with van der Waals surface area (Å²) in [6, 6.07) is 0. The van der Waals surface area contributed by atoms with E-state index in [4.69, 9.17) is 0 Å². The Balaban J connectivity index is 0. The lowest BCUT2D eigenvalue weighted by Gasteiger charge is -2.10. The summed E-state index contributed by atoms with van der Waals surface area (Å²) in [4.78, 5) is 0. The highest BCUT2D eigenvalue weighted by atomic mass is 16.3. The molecular formula is C38H79NO2. The molecule has 0 aliphatic rings. The van der Waals surface area contributed by atoms with Gasteiger partial charge in [0.05, 0.1) is 12.2 Å². The van der Waals surface area contributed by atoms with Gasteiger partial charge in [0.1, 0.15) is 0 Å². The van der Waals surface area contributed by atoms with E-state index in [9.17, 15) is 10.2 Å². The minimum Gasteiger partial charge on any atom is -0.393 e. The normalized spacial score (nSPS) is 12.7. The largest absolute Gasteiger partial charge is 0.393 e. The lowest BCUT2D eigenvalue weighted by molar-refractivity contribution is 0.147. The van der Waals surface area contributed by atoms with Gasteiger partial charge in [0.2, 0.25) is 0 Å². The van der Waals surface area contributed by atoms with Gasteiger partial charge in [-0.15, -0.1) is 13.2 Å². The molecule has 0 aliphatic carbocycles. The topological polar surface area (TPSA) is 52.5 Å². The van der Waals surface area contributed by atoms with Gasteiger partial charge in [0, 0.05) is 0 Å². The van der Waals surface area contributed by atoms with Gasteiger partial charge in [-0.1, -0.05) is 168 Å². The lowest BCUT2D eigenvalue weighted by Crippen LogP contribution is -2.16. The van der Waals surface area contributed by atoms with Crippen LogP contribution in [0, 0.1) is 0 Å². The molecule has 2 unspecified atom stereocenters. The molecule has 0 amide bonds. The summed E-state index contributed by atoms with van der Waals surface area (Å²) < 4.78 is 0. The zero-order chi connectivity index (χ0) is 30.5. The van der Waals surface area contributed by atoms with Gasteiger partial charge in [0.25, 0.3) is 0 Å². The maximum absolute atomic E-state index is 10.0. The first kappa shape index (κ1) is 42.8. The molecule has 0 fully saturated rings. The summed E-state index contributed by atoms with van der Waals surface area (Å²) in [7, 11) is 0. The molecule has 0 aromatic rings. The molecule has 0 bridgehead atoms. The zero-order valence-electron chi connectivity index (χ0n) is 28.6. The van der Waals surface area contributed by atoms with Crippen LogP contribution in [-0.4, -0.2) is 35.5 Å². The average molecular weight is 582 g/mol. The van der Waals surface area contributed by atoms with Gasteiger partial charge < -0.3 is 15.5 Å². The minimum atomic E-state index is -0.0441. The van der Waals surface area contributed by atoms with Crippen molar-refractivity contribution < 1.29 is 10.2 Å². The Morgan fingerprint density at radius 3 is 0.854 bits per heavy atom. The van der Waals surface area contributed by atoms with Crippen LogP contribution in [0.2, 0.25) is 0 Å².